The van der Waals surface area contributed by atoms with E-state index in [1.807, 2.05) is 35.2 Å². The normalized spacial score (nSPS) is 15.9. The average Bonchev–Trinajstić information content (AvgIpc) is 2.70. The van der Waals surface area contributed by atoms with Crippen molar-refractivity contribution in [1.82, 2.24) is 9.80 Å². The van der Waals surface area contributed by atoms with Crippen LogP contribution in [0.2, 0.25) is 0 Å². The molecular formula is C21H24N4O. The van der Waals surface area contributed by atoms with Crippen LogP contribution in [0.4, 0.5) is 10.5 Å². The Kier molecular flexibility index (Phi) is 5.88. The van der Waals surface area contributed by atoms with Crippen molar-refractivity contribution in [3.63, 3.8) is 0 Å². The van der Waals surface area contributed by atoms with Crippen molar-refractivity contribution in [2.45, 2.75) is 19.4 Å². The number of piperazine rings is 1. The number of anilines is 1. The van der Waals surface area contributed by atoms with Crippen molar-refractivity contribution < 1.29 is 4.79 Å². The Morgan fingerprint density at radius 1 is 1.08 bits per heavy atom. The Balaban J connectivity index is 1.51. The van der Waals surface area contributed by atoms with Gasteiger partial charge >= 0.3 is 6.03 Å². The van der Waals surface area contributed by atoms with Gasteiger partial charge in [-0.05, 0) is 30.2 Å². The Hall–Kier alpha value is -2.84. The number of nitrogens with zero attached hydrogens (tertiary/aromatic N) is 3. The molecule has 0 spiro atoms. The largest absolute Gasteiger partial charge is 0.322 e. The maximum absolute atomic E-state index is 12.5. The fraction of sp³-hybridized carbons (Fsp3) is 0.333. The minimum absolute atomic E-state index is 0.0648. The highest BCUT2D eigenvalue weighted by molar-refractivity contribution is 5.89. The van der Waals surface area contributed by atoms with E-state index in [1.54, 1.807) is 0 Å². The van der Waals surface area contributed by atoms with E-state index >= 15 is 0 Å². The van der Waals surface area contributed by atoms with Crippen LogP contribution in [0.3, 0.4) is 0 Å². The topological polar surface area (TPSA) is 59.4 Å². The van der Waals surface area contributed by atoms with Crippen molar-refractivity contribution in [1.29, 1.82) is 5.26 Å². The number of urea groups is 1. The molecule has 1 N–H and O–H groups in total. The van der Waals surface area contributed by atoms with E-state index in [0.717, 1.165) is 37.4 Å². The second-order valence-corrected chi connectivity index (χ2v) is 6.57. The molecule has 5 heteroatoms. The maximum atomic E-state index is 12.5. The number of hydrogen-bond acceptors (Lipinski definition) is 3. The first-order chi connectivity index (χ1) is 12.7. The first-order valence-corrected chi connectivity index (χ1v) is 8.98. The number of amides is 2. The summed E-state index contributed by atoms with van der Waals surface area (Å²) in [6.07, 6.45) is 0.385. The van der Waals surface area contributed by atoms with Gasteiger partial charge in [-0.25, -0.2) is 4.79 Å². The van der Waals surface area contributed by atoms with E-state index in [-0.39, 0.29) is 6.03 Å². The molecule has 134 valence electrons. The number of hydrogen-bond donors (Lipinski definition) is 1. The minimum atomic E-state index is -0.0648. The standard InChI is InChI=1S/C21H24N4O/c1-17(19-5-3-2-4-6-19)24-13-15-25(16-14-24)21(26)23-20-9-7-18(8-10-20)11-12-22/h2-10,17H,11,13-16H2,1H3,(H,23,26)/t17-/m0/s1. The number of carbonyl (C=O) groups is 1. The van der Waals surface area contributed by atoms with Gasteiger partial charge in [-0.1, -0.05) is 42.5 Å². The molecule has 0 aliphatic carbocycles. The van der Waals surface area contributed by atoms with Gasteiger partial charge in [0.15, 0.2) is 0 Å². The van der Waals surface area contributed by atoms with Crippen LogP contribution in [0.25, 0.3) is 0 Å². The number of rotatable bonds is 4. The summed E-state index contributed by atoms with van der Waals surface area (Å²) in [6.45, 7) is 5.38. The van der Waals surface area contributed by atoms with Crippen LogP contribution < -0.4 is 5.32 Å². The molecular weight excluding hydrogens is 324 g/mol. The molecule has 1 aliphatic rings. The molecule has 1 heterocycles. The second kappa shape index (κ2) is 8.50. The number of nitriles is 1. The van der Waals surface area contributed by atoms with E-state index in [1.165, 1.54) is 5.56 Å². The molecule has 5 nitrogen and oxygen atoms in total. The molecule has 0 aromatic heterocycles. The molecule has 2 amide bonds. The summed E-state index contributed by atoms with van der Waals surface area (Å²) >= 11 is 0. The number of nitrogens with one attached hydrogen (secondary N) is 1. The first kappa shape index (κ1) is 18.0. The van der Waals surface area contributed by atoms with E-state index in [9.17, 15) is 4.79 Å². The van der Waals surface area contributed by atoms with Crippen molar-refractivity contribution in [2.75, 3.05) is 31.5 Å². The van der Waals surface area contributed by atoms with E-state index < -0.39 is 0 Å². The van der Waals surface area contributed by atoms with Crippen molar-refractivity contribution >= 4 is 11.7 Å². The lowest BCUT2D eigenvalue weighted by molar-refractivity contribution is 0.119. The lowest BCUT2D eigenvalue weighted by atomic mass is 10.1. The predicted octanol–water partition coefficient (Wildman–Crippen LogP) is 3.66. The molecule has 0 radical (unpaired) electrons. The summed E-state index contributed by atoms with van der Waals surface area (Å²) < 4.78 is 0. The zero-order valence-corrected chi connectivity index (χ0v) is 15.1. The Morgan fingerprint density at radius 3 is 2.35 bits per heavy atom. The van der Waals surface area contributed by atoms with E-state index in [2.05, 4.69) is 47.5 Å². The summed E-state index contributed by atoms with van der Waals surface area (Å²) in [5.41, 5.74) is 3.02. The molecule has 1 saturated heterocycles. The molecule has 0 bridgehead atoms. The molecule has 0 saturated carbocycles. The zero-order chi connectivity index (χ0) is 18.4. The highest BCUT2D eigenvalue weighted by Crippen LogP contribution is 2.21. The molecule has 0 unspecified atom stereocenters. The van der Waals surface area contributed by atoms with Gasteiger partial charge in [-0.2, -0.15) is 5.26 Å². The SMILES string of the molecule is C[C@@H](c1ccccc1)N1CCN(C(=O)Nc2ccc(CC#N)cc2)CC1. The third-order valence-electron chi connectivity index (χ3n) is 4.92. The summed E-state index contributed by atoms with van der Waals surface area (Å²) in [5, 5.41) is 11.6. The smallest absolute Gasteiger partial charge is 0.321 e. The summed E-state index contributed by atoms with van der Waals surface area (Å²) in [6, 6.07) is 20.3. The average molecular weight is 348 g/mol. The third kappa shape index (κ3) is 4.41. The van der Waals surface area contributed by atoms with Crippen LogP contribution in [-0.4, -0.2) is 42.0 Å². The van der Waals surface area contributed by atoms with Crippen molar-refractivity contribution in [3.05, 3.63) is 65.7 Å². The van der Waals surface area contributed by atoms with Crippen molar-refractivity contribution in [3.8, 4) is 6.07 Å². The number of carbonyl (C=O) groups excluding carboxylic acids is 1. The van der Waals surface area contributed by atoms with Crippen LogP contribution in [0.5, 0.6) is 0 Å². The molecule has 26 heavy (non-hydrogen) atoms. The monoisotopic (exact) mass is 348 g/mol. The lowest BCUT2D eigenvalue weighted by Gasteiger charge is -2.38. The lowest BCUT2D eigenvalue weighted by Crippen LogP contribution is -2.50. The minimum Gasteiger partial charge on any atom is -0.322 e. The van der Waals surface area contributed by atoms with Crippen LogP contribution >= 0.6 is 0 Å². The fourth-order valence-electron chi connectivity index (χ4n) is 3.25. The van der Waals surface area contributed by atoms with Crippen molar-refractivity contribution in [2.24, 2.45) is 0 Å². The first-order valence-electron chi connectivity index (χ1n) is 8.98. The van der Waals surface area contributed by atoms with Gasteiger partial charge in [0, 0.05) is 37.9 Å². The van der Waals surface area contributed by atoms with Gasteiger partial charge in [0.05, 0.1) is 12.5 Å². The summed E-state index contributed by atoms with van der Waals surface area (Å²) in [4.78, 5) is 16.7. The maximum Gasteiger partial charge on any atom is 0.321 e. The molecule has 1 aliphatic heterocycles. The molecule has 1 fully saturated rings. The fourth-order valence-corrected chi connectivity index (χ4v) is 3.25. The van der Waals surface area contributed by atoms with Crippen LogP contribution in [0.15, 0.2) is 54.6 Å². The Morgan fingerprint density at radius 2 is 1.73 bits per heavy atom. The molecule has 3 rings (SSSR count). The van der Waals surface area contributed by atoms with Crippen LogP contribution in [0, 0.1) is 11.3 Å². The highest BCUT2D eigenvalue weighted by Gasteiger charge is 2.24. The third-order valence-corrected chi connectivity index (χ3v) is 4.92. The molecule has 2 aromatic rings. The van der Waals surface area contributed by atoms with E-state index in [0.29, 0.717) is 12.5 Å². The van der Waals surface area contributed by atoms with Gasteiger partial charge < -0.3 is 10.2 Å². The van der Waals surface area contributed by atoms with Gasteiger partial charge in [0.1, 0.15) is 0 Å². The van der Waals surface area contributed by atoms with E-state index in [4.69, 9.17) is 5.26 Å². The predicted molar refractivity (Wildman–Crippen MR) is 103 cm³/mol. The van der Waals surface area contributed by atoms with Crippen LogP contribution in [-0.2, 0) is 6.42 Å². The van der Waals surface area contributed by atoms with Gasteiger partial charge in [-0.3, -0.25) is 4.90 Å². The molecule has 2 aromatic carbocycles. The Labute approximate surface area is 154 Å². The zero-order valence-electron chi connectivity index (χ0n) is 15.1. The number of benzene rings is 2. The Bertz CT molecular complexity index is 759. The summed E-state index contributed by atoms with van der Waals surface area (Å²) in [5.74, 6) is 0. The van der Waals surface area contributed by atoms with Crippen LogP contribution in [0.1, 0.15) is 24.1 Å². The van der Waals surface area contributed by atoms with Gasteiger partial charge in [-0.15, -0.1) is 0 Å². The van der Waals surface area contributed by atoms with Gasteiger partial charge in [0.25, 0.3) is 0 Å². The highest BCUT2D eigenvalue weighted by atomic mass is 16.2. The van der Waals surface area contributed by atoms with Gasteiger partial charge in [0.2, 0.25) is 0 Å². The quantitative estimate of drug-likeness (QED) is 0.917. The molecule has 1 atom stereocenters. The summed E-state index contributed by atoms with van der Waals surface area (Å²) in [7, 11) is 0. The second-order valence-electron chi connectivity index (χ2n) is 6.57.